The minimum atomic E-state index is -4.63. The number of thiazole rings is 1. The van der Waals surface area contributed by atoms with Gasteiger partial charge in [-0.25, -0.2) is 4.98 Å². The molecular weight excluding hydrogens is 443 g/mol. The lowest BCUT2D eigenvalue weighted by Crippen LogP contribution is -2.21. The number of hydrogen-bond donors (Lipinski definition) is 2. The van der Waals surface area contributed by atoms with Crippen LogP contribution < -0.4 is 10.9 Å². The number of aromatic nitrogens is 2. The maximum absolute atomic E-state index is 12.7. The van der Waals surface area contributed by atoms with Gasteiger partial charge in [0.1, 0.15) is 16.4 Å². The van der Waals surface area contributed by atoms with Crippen LogP contribution >= 0.6 is 38.6 Å². The Kier molecular flexibility index (Phi) is 4.80. The molecule has 2 N–H and O–H groups in total. The molecule has 5 nitrogen and oxygen atoms in total. The summed E-state index contributed by atoms with van der Waals surface area (Å²) in [7, 11) is 0. The Hall–Kier alpha value is -1.98. The number of hydrogen-bond acceptors (Lipinski definition) is 5. The van der Waals surface area contributed by atoms with Crippen molar-refractivity contribution in [3.63, 3.8) is 0 Å². The van der Waals surface area contributed by atoms with Gasteiger partial charge in [-0.05, 0) is 28.1 Å². The zero-order chi connectivity index (χ0) is 18.2. The molecule has 0 aliphatic heterocycles. The number of carbonyl (C=O) groups is 1. The van der Waals surface area contributed by atoms with Gasteiger partial charge in [0, 0.05) is 21.4 Å². The first kappa shape index (κ1) is 17.8. The zero-order valence-electron chi connectivity index (χ0n) is 12.0. The van der Waals surface area contributed by atoms with E-state index in [1.165, 1.54) is 28.1 Å². The van der Waals surface area contributed by atoms with Crippen LogP contribution in [0.4, 0.5) is 18.9 Å². The number of thiophene rings is 1. The molecule has 0 unspecified atom stereocenters. The van der Waals surface area contributed by atoms with E-state index in [0.29, 0.717) is 17.3 Å². The minimum absolute atomic E-state index is 0.0151. The molecule has 3 aromatic heterocycles. The van der Waals surface area contributed by atoms with Gasteiger partial charge in [-0.2, -0.15) is 13.2 Å². The normalized spacial score (nSPS) is 11.5. The molecule has 25 heavy (non-hydrogen) atoms. The van der Waals surface area contributed by atoms with E-state index < -0.39 is 28.9 Å². The molecule has 0 fully saturated rings. The van der Waals surface area contributed by atoms with Gasteiger partial charge in [0.25, 0.3) is 11.5 Å². The summed E-state index contributed by atoms with van der Waals surface area (Å²) in [4.78, 5) is 30.8. The highest BCUT2D eigenvalue weighted by atomic mass is 79.9. The van der Waals surface area contributed by atoms with Gasteiger partial charge in [-0.1, -0.05) is 0 Å². The highest BCUT2D eigenvalue weighted by Crippen LogP contribution is 2.32. The molecule has 3 heterocycles. The fraction of sp³-hybridized carbons (Fsp3) is 0.0714. The highest BCUT2D eigenvalue weighted by Gasteiger charge is 2.31. The smallest absolute Gasteiger partial charge is 0.327 e. The molecule has 0 aliphatic carbocycles. The lowest BCUT2D eigenvalue weighted by Gasteiger charge is -2.08. The predicted molar refractivity (Wildman–Crippen MR) is 93.1 cm³/mol. The van der Waals surface area contributed by atoms with Crippen LogP contribution in [0.3, 0.4) is 0 Å². The van der Waals surface area contributed by atoms with Crippen LogP contribution in [-0.4, -0.2) is 15.9 Å². The molecule has 0 atom stereocenters. The lowest BCUT2D eigenvalue weighted by molar-refractivity contribution is -0.137. The number of nitrogens with zero attached hydrogens (tertiary/aromatic N) is 1. The number of anilines is 1. The van der Waals surface area contributed by atoms with Crippen molar-refractivity contribution in [3.05, 3.63) is 55.2 Å². The molecule has 0 aliphatic rings. The van der Waals surface area contributed by atoms with Gasteiger partial charge in [-0.15, -0.1) is 22.7 Å². The molecule has 130 valence electrons. The van der Waals surface area contributed by atoms with E-state index in [4.69, 9.17) is 0 Å². The molecule has 0 bridgehead atoms. The summed E-state index contributed by atoms with van der Waals surface area (Å²) in [5.74, 6) is -0.761. The van der Waals surface area contributed by atoms with E-state index in [-0.39, 0.29) is 5.69 Å². The summed E-state index contributed by atoms with van der Waals surface area (Å²) < 4.78 is 39.0. The van der Waals surface area contributed by atoms with E-state index in [1.54, 1.807) is 0 Å². The van der Waals surface area contributed by atoms with Gasteiger partial charge in [0.2, 0.25) is 0 Å². The first-order chi connectivity index (χ1) is 11.7. The first-order valence-corrected chi connectivity index (χ1v) is 9.10. The molecule has 1 amide bonds. The summed E-state index contributed by atoms with van der Waals surface area (Å²) in [6, 6.07) is 2.42. The monoisotopic (exact) mass is 449 g/mol. The Bertz CT molecular complexity index is 994. The van der Waals surface area contributed by atoms with Crippen molar-refractivity contribution >= 4 is 50.2 Å². The van der Waals surface area contributed by atoms with E-state index in [1.807, 2.05) is 16.4 Å². The largest absolute Gasteiger partial charge is 0.417 e. The van der Waals surface area contributed by atoms with Crippen LogP contribution in [0, 0.1) is 0 Å². The summed E-state index contributed by atoms with van der Waals surface area (Å²) in [6.07, 6.45) is -4.09. The van der Waals surface area contributed by atoms with Gasteiger partial charge in [0.15, 0.2) is 0 Å². The number of rotatable bonds is 3. The van der Waals surface area contributed by atoms with Crippen LogP contribution in [0.2, 0.25) is 0 Å². The van der Waals surface area contributed by atoms with Crippen molar-refractivity contribution in [2.45, 2.75) is 6.18 Å². The molecule has 3 rings (SSSR count). The number of amides is 1. The first-order valence-electron chi connectivity index (χ1n) is 6.55. The topological polar surface area (TPSA) is 74.8 Å². The second-order valence-corrected chi connectivity index (χ2v) is 7.44. The summed E-state index contributed by atoms with van der Waals surface area (Å²) in [6.45, 7) is 0. The third-order valence-electron chi connectivity index (χ3n) is 2.99. The van der Waals surface area contributed by atoms with Crippen molar-refractivity contribution in [2.75, 3.05) is 5.32 Å². The summed E-state index contributed by atoms with van der Waals surface area (Å²) >= 11 is 5.96. The minimum Gasteiger partial charge on any atom is -0.327 e. The van der Waals surface area contributed by atoms with Crippen molar-refractivity contribution in [1.29, 1.82) is 0 Å². The fourth-order valence-corrected chi connectivity index (χ4v) is 4.15. The Labute approximate surface area is 154 Å². The summed E-state index contributed by atoms with van der Waals surface area (Å²) in [5.41, 5.74) is -2.38. The van der Waals surface area contributed by atoms with Crippen molar-refractivity contribution in [1.82, 2.24) is 9.97 Å². The zero-order valence-corrected chi connectivity index (χ0v) is 15.2. The van der Waals surface area contributed by atoms with Crippen LogP contribution in [-0.2, 0) is 6.18 Å². The molecule has 0 aromatic carbocycles. The predicted octanol–water partition coefficient (Wildman–Crippen LogP) is 4.59. The maximum Gasteiger partial charge on any atom is 0.417 e. The molecule has 0 radical (unpaired) electrons. The number of halogens is 4. The number of carbonyl (C=O) groups excluding carboxylic acids is 1. The van der Waals surface area contributed by atoms with E-state index >= 15 is 0 Å². The van der Waals surface area contributed by atoms with Crippen LogP contribution in [0.25, 0.3) is 9.88 Å². The molecule has 0 saturated carbocycles. The average Bonchev–Trinajstić information content (AvgIpc) is 3.17. The van der Waals surface area contributed by atoms with Crippen LogP contribution in [0.15, 0.2) is 38.4 Å². The highest BCUT2D eigenvalue weighted by molar-refractivity contribution is 9.10. The number of alkyl halides is 3. The second kappa shape index (κ2) is 6.73. The molecule has 3 aromatic rings. The standard InChI is InChI=1S/C14H7BrF3N3O2S2/c15-7-2-10(24-4-7)13-21-9(5-25-13)12(23)20-8-1-6(14(16,17)18)3-19-11(8)22/h1-5H,(H,19,22)(H,20,23). The van der Waals surface area contributed by atoms with Crippen molar-refractivity contribution in [3.8, 4) is 9.88 Å². The Morgan fingerprint density at radius 1 is 1.24 bits per heavy atom. The SMILES string of the molecule is O=C(Nc1cc(C(F)(F)F)c[nH]c1=O)c1csc(-c2cc(Br)cs2)n1. The Balaban J connectivity index is 1.84. The van der Waals surface area contributed by atoms with Crippen molar-refractivity contribution < 1.29 is 18.0 Å². The van der Waals surface area contributed by atoms with Gasteiger partial charge in [-0.3, -0.25) is 9.59 Å². The molecule has 0 saturated heterocycles. The van der Waals surface area contributed by atoms with Crippen molar-refractivity contribution in [2.24, 2.45) is 0 Å². The maximum atomic E-state index is 12.7. The van der Waals surface area contributed by atoms with Gasteiger partial charge in [0.05, 0.1) is 10.4 Å². The fourth-order valence-electron chi connectivity index (χ4n) is 1.84. The number of H-pyrrole nitrogens is 1. The average molecular weight is 450 g/mol. The molecule has 0 spiro atoms. The van der Waals surface area contributed by atoms with Gasteiger partial charge < -0.3 is 10.3 Å². The Morgan fingerprint density at radius 2 is 2.00 bits per heavy atom. The third-order valence-corrected chi connectivity index (χ3v) is 5.70. The van der Waals surface area contributed by atoms with E-state index in [9.17, 15) is 22.8 Å². The van der Waals surface area contributed by atoms with E-state index in [0.717, 1.165) is 9.35 Å². The second-order valence-electron chi connectivity index (χ2n) is 4.75. The van der Waals surface area contributed by atoms with Crippen LogP contribution in [0.1, 0.15) is 16.1 Å². The lowest BCUT2D eigenvalue weighted by atomic mass is 10.2. The molecular formula is C14H7BrF3N3O2S2. The van der Waals surface area contributed by atoms with Gasteiger partial charge >= 0.3 is 6.18 Å². The summed E-state index contributed by atoms with van der Waals surface area (Å²) in [5, 5.41) is 6.09. The Morgan fingerprint density at radius 3 is 2.64 bits per heavy atom. The van der Waals surface area contributed by atoms with Crippen LogP contribution in [0.5, 0.6) is 0 Å². The number of aromatic amines is 1. The van der Waals surface area contributed by atoms with E-state index in [2.05, 4.69) is 26.2 Å². The third kappa shape index (κ3) is 3.99. The number of pyridine rings is 1. The molecule has 11 heteroatoms. The quantitative estimate of drug-likeness (QED) is 0.613. The number of nitrogens with one attached hydrogen (secondary N) is 2.